The number of rotatable bonds is 8. The zero-order valence-electron chi connectivity index (χ0n) is 11.5. The van der Waals surface area contributed by atoms with E-state index in [0.29, 0.717) is 0 Å². The Hall–Kier alpha value is 0.137. The summed E-state index contributed by atoms with van der Waals surface area (Å²) in [6, 6.07) is 2.68. The molecule has 15 heavy (non-hydrogen) atoms. The van der Waals surface area contributed by atoms with Crippen LogP contribution in [0.1, 0.15) is 41.5 Å². The van der Waals surface area contributed by atoms with E-state index in [1.807, 2.05) is 0 Å². The highest BCUT2D eigenvalue weighted by Gasteiger charge is 2.33. The molecule has 0 aliphatic carbocycles. The molecule has 2 nitrogen and oxygen atoms in total. The molecule has 0 spiro atoms. The first-order valence-corrected chi connectivity index (χ1v) is 8.87. The van der Waals surface area contributed by atoms with Gasteiger partial charge in [-0.2, -0.15) is 0 Å². The molecule has 0 radical (unpaired) electrons. The Bertz CT molecular complexity index is 140. The molecule has 0 heterocycles. The van der Waals surface area contributed by atoms with E-state index in [4.69, 9.17) is 0 Å². The van der Waals surface area contributed by atoms with Crippen molar-refractivity contribution in [1.82, 2.24) is 9.96 Å². The van der Waals surface area contributed by atoms with Gasteiger partial charge in [0.25, 0.3) is 0 Å². The Morgan fingerprint density at radius 2 is 1.13 bits per heavy atom. The topological polar surface area (TPSA) is 24.1 Å². The van der Waals surface area contributed by atoms with Crippen molar-refractivity contribution in [2.24, 2.45) is 11.8 Å². The Morgan fingerprint density at radius 1 is 0.800 bits per heavy atom. The molecular formula is C12H30N2Si. The van der Waals surface area contributed by atoms with Gasteiger partial charge in [0.2, 0.25) is 8.40 Å². The van der Waals surface area contributed by atoms with Crippen molar-refractivity contribution in [2.75, 3.05) is 13.1 Å². The molecule has 0 aromatic rings. The quantitative estimate of drug-likeness (QED) is 0.627. The van der Waals surface area contributed by atoms with Crippen LogP contribution in [0.25, 0.3) is 0 Å². The highest BCUT2D eigenvalue weighted by Crippen LogP contribution is 2.20. The smallest absolute Gasteiger partial charge is 0.201 e. The molecule has 0 aromatic heterocycles. The van der Waals surface area contributed by atoms with Gasteiger partial charge in [-0.3, -0.25) is 0 Å². The molecule has 0 aliphatic rings. The Labute approximate surface area is 97.4 Å². The first kappa shape index (κ1) is 15.1. The van der Waals surface area contributed by atoms with Crippen molar-refractivity contribution in [3.63, 3.8) is 0 Å². The predicted molar refractivity (Wildman–Crippen MR) is 72.4 cm³/mol. The van der Waals surface area contributed by atoms with Crippen LogP contribution in [0.2, 0.25) is 12.1 Å². The molecule has 92 valence electrons. The van der Waals surface area contributed by atoms with Gasteiger partial charge in [-0.15, -0.1) is 0 Å². The van der Waals surface area contributed by atoms with Crippen LogP contribution in [0.15, 0.2) is 0 Å². The second kappa shape index (κ2) is 7.42. The molecule has 0 amide bonds. The molecule has 0 atom stereocenters. The van der Waals surface area contributed by atoms with Crippen molar-refractivity contribution in [3.8, 4) is 0 Å². The molecule has 2 N–H and O–H groups in total. The maximum absolute atomic E-state index is 3.79. The van der Waals surface area contributed by atoms with Gasteiger partial charge in [0.05, 0.1) is 0 Å². The average Bonchev–Trinajstić information content (AvgIpc) is 2.01. The molecule has 0 bridgehead atoms. The average molecular weight is 230 g/mol. The fraction of sp³-hybridized carbons (Fsp3) is 1.00. The van der Waals surface area contributed by atoms with E-state index < -0.39 is 8.40 Å². The van der Waals surface area contributed by atoms with Crippen LogP contribution in [0.5, 0.6) is 0 Å². The largest absolute Gasteiger partial charge is 0.326 e. The van der Waals surface area contributed by atoms with Crippen molar-refractivity contribution in [2.45, 2.75) is 53.6 Å². The van der Waals surface area contributed by atoms with Crippen molar-refractivity contribution < 1.29 is 0 Å². The highest BCUT2D eigenvalue weighted by molar-refractivity contribution is 6.75. The van der Waals surface area contributed by atoms with Crippen LogP contribution in [-0.2, 0) is 0 Å². The second-order valence-corrected chi connectivity index (χ2v) is 9.03. The Kier molecular flexibility index (Phi) is 7.48. The first-order valence-electron chi connectivity index (χ1n) is 6.45. The van der Waals surface area contributed by atoms with E-state index in [1.54, 1.807) is 0 Å². The van der Waals surface area contributed by atoms with Gasteiger partial charge in [-0.25, -0.2) is 0 Å². The van der Waals surface area contributed by atoms with E-state index in [9.17, 15) is 0 Å². The third kappa shape index (κ3) is 6.33. The molecule has 0 aromatic carbocycles. The molecule has 3 heteroatoms. The lowest BCUT2D eigenvalue weighted by molar-refractivity contribution is 0.636. The minimum absolute atomic E-state index is 0.786. The number of hydrogen-bond donors (Lipinski definition) is 2. The monoisotopic (exact) mass is 230 g/mol. The van der Waals surface area contributed by atoms with Gasteiger partial charge in [0, 0.05) is 0 Å². The van der Waals surface area contributed by atoms with E-state index in [1.165, 1.54) is 12.1 Å². The summed E-state index contributed by atoms with van der Waals surface area (Å²) >= 11 is 0. The summed E-state index contributed by atoms with van der Waals surface area (Å²) in [5.74, 6) is 1.57. The first-order chi connectivity index (χ1) is 6.95. The number of nitrogens with one attached hydrogen (secondary N) is 2. The van der Waals surface area contributed by atoms with Crippen LogP contribution in [0.4, 0.5) is 0 Å². The standard InChI is InChI=1S/C12H30N2Si/c1-7-13-15(14-8-2,9-11(3)4)10-12(5)6/h11-14H,7-10H2,1-6H3. The zero-order chi connectivity index (χ0) is 11.9. The molecule has 0 saturated carbocycles. The predicted octanol–water partition coefficient (Wildman–Crippen LogP) is 2.96. The Morgan fingerprint density at radius 3 is 1.33 bits per heavy atom. The zero-order valence-corrected chi connectivity index (χ0v) is 12.5. The third-order valence-corrected chi connectivity index (χ3v) is 7.63. The molecule has 0 saturated heterocycles. The fourth-order valence-corrected chi connectivity index (χ4v) is 7.52. The maximum Gasteiger partial charge on any atom is 0.201 e. The molecule has 0 rings (SSSR count). The SMILES string of the molecule is CCN[Si](CC(C)C)(CC(C)C)NCC. The summed E-state index contributed by atoms with van der Waals surface area (Å²) in [6.45, 7) is 16.0. The minimum Gasteiger partial charge on any atom is -0.326 e. The van der Waals surface area contributed by atoms with E-state index in [2.05, 4.69) is 51.5 Å². The lowest BCUT2D eigenvalue weighted by atomic mass is 10.3. The van der Waals surface area contributed by atoms with Gasteiger partial charge in [0.15, 0.2) is 0 Å². The summed E-state index contributed by atoms with van der Waals surface area (Å²) in [7, 11) is -1.42. The summed E-state index contributed by atoms with van der Waals surface area (Å²) in [6.07, 6.45) is 0. The second-order valence-electron chi connectivity index (χ2n) is 5.34. The summed E-state index contributed by atoms with van der Waals surface area (Å²) in [5, 5.41) is 0. The van der Waals surface area contributed by atoms with Crippen molar-refractivity contribution in [3.05, 3.63) is 0 Å². The molecule has 0 unspecified atom stereocenters. The summed E-state index contributed by atoms with van der Waals surface area (Å²) in [5.41, 5.74) is 0. The van der Waals surface area contributed by atoms with Gasteiger partial charge in [0.1, 0.15) is 0 Å². The molecular weight excluding hydrogens is 200 g/mol. The van der Waals surface area contributed by atoms with E-state index in [0.717, 1.165) is 24.9 Å². The van der Waals surface area contributed by atoms with Crippen LogP contribution in [-0.4, -0.2) is 21.5 Å². The van der Waals surface area contributed by atoms with E-state index >= 15 is 0 Å². The number of hydrogen-bond acceptors (Lipinski definition) is 2. The van der Waals surface area contributed by atoms with Crippen LogP contribution in [0.3, 0.4) is 0 Å². The van der Waals surface area contributed by atoms with Crippen LogP contribution in [0, 0.1) is 11.8 Å². The van der Waals surface area contributed by atoms with Gasteiger partial charge >= 0.3 is 0 Å². The fourth-order valence-electron chi connectivity index (χ4n) is 2.51. The lowest BCUT2D eigenvalue weighted by Gasteiger charge is -2.35. The van der Waals surface area contributed by atoms with Gasteiger partial charge < -0.3 is 9.96 Å². The molecule has 0 aliphatic heterocycles. The lowest BCUT2D eigenvalue weighted by Crippen LogP contribution is -2.63. The van der Waals surface area contributed by atoms with Crippen molar-refractivity contribution in [1.29, 1.82) is 0 Å². The normalized spacial score (nSPS) is 12.8. The van der Waals surface area contributed by atoms with E-state index in [-0.39, 0.29) is 0 Å². The third-order valence-electron chi connectivity index (χ3n) is 2.54. The van der Waals surface area contributed by atoms with Crippen molar-refractivity contribution >= 4 is 8.40 Å². The van der Waals surface area contributed by atoms with Gasteiger partial charge in [-0.1, -0.05) is 41.5 Å². The summed E-state index contributed by atoms with van der Waals surface area (Å²) < 4.78 is 0. The van der Waals surface area contributed by atoms with Crippen LogP contribution < -0.4 is 9.96 Å². The molecule has 0 fully saturated rings. The minimum atomic E-state index is -1.42. The summed E-state index contributed by atoms with van der Waals surface area (Å²) in [4.78, 5) is 7.57. The Balaban J connectivity index is 4.55. The maximum atomic E-state index is 3.79. The highest BCUT2D eigenvalue weighted by atomic mass is 28.3. The van der Waals surface area contributed by atoms with Gasteiger partial charge in [-0.05, 0) is 37.0 Å². The van der Waals surface area contributed by atoms with Crippen LogP contribution >= 0.6 is 0 Å².